The van der Waals surface area contributed by atoms with E-state index in [1.165, 1.54) is 29.4 Å². The molecule has 0 aliphatic carbocycles. The molecule has 17 heavy (non-hydrogen) atoms. The molecule has 0 fully saturated rings. The Morgan fingerprint density at radius 2 is 2.41 bits per heavy atom. The Hall–Kier alpha value is -1.54. The van der Waals surface area contributed by atoms with Gasteiger partial charge < -0.3 is 4.74 Å². The van der Waals surface area contributed by atoms with Gasteiger partial charge in [-0.3, -0.25) is 0 Å². The van der Waals surface area contributed by atoms with E-state index in [9.17, 15) is 4.79 Å². The summed E-state index contributed by atoms with van der Waals surface area (Å²) in [6.45, 7) is 2.07. The highest BCUT2D eigenvalue weighted by Crippen LogP contribution is 2.28. The van der Waals surface area contributed by atoms with Crippen LogP contribution in [-0.2, 0) is 4.74 Å². The van der Waals surface area contributed by atoms with Crippen LogP contribution in [0.4, 0.5) is 0 Å². The van der Waals surface area contributed by atoms with E-state index in [1.54, 1.807) is 19.2 Å². The van der Waals surface area contributed by atoms with Gasteiger partial charge in [-0.2, -0.15) is 0 Å². The van der Waals surface area contributed by atoms with Crippen molar-refractivity contribution in [2.75, 3.05) is 6.61 Å². The lowest BCUT2D eigenvalue weighted by atomic mass is 10.7. The second-order valence-electron chi connectivity index (χ2n) is 2.74. The van der Waals surface area contributed by atoms with Gasteiger partial charge in [0.1, 0.15) is 11.4 Å². The first kappa shape index (κ1) is 11.9. The molecule has 88 valence electrons. The van der Waals surface area contributed by atoms with Gasteiger partial charge in [-0.15, -0.1) is 10.2 Å². The minimum Gasteiger partial charge on any atom is -0.461 e. The Morgan fingerprint density at radius 3 is 3.12 bits per heavy atom. The predicted octanol–water partition coefficient (Wildman–Crippen LogP) is 1.66. The topological polar surface area (TPSA) is 77.9 Å². The third-order valence-corrected chi connectivity index (χ3v) is 3.51. The molecular weight excluding hydrogens is 260 g/mol. The lowest BCUT2D eigenvalue weighted by Gasteiger charge is -1.94. The Labute approximate surface area is 105 Å². The maximum Gasteiger partial charge on any atom is 0.369 e. The monoisotopic (exact) mass is 268 g/mol. The molecule has 6 nitrogen and oxygen atoms in total. The number of carbonyl (C=O) groups excluding carboxylic acids is 1. The molecule has 0 bridgehead atoms. The number of nitrogens with zero attached hydrogens (tertiary/aromatic N) is 4. The Kier molecular flexibility index (Phi) is 3.99. The Balaban J connectivity index is 2.06. The molecule has 2 rings (SSSR count). The quantitative estimate of drug-likeness (QED) is 0.616. The Morgan fingerprint density at radius 1 is 1.53 bits per heavy atom. The van der Waals surface area contributed by atoms with Crippen molar-refractivity contribution in [3.8, 4) is 0 Å². The minimum absolute atomic E-state index is 0.253. The first-order valence-corrected chi connectivity index (χ1v) is 6.37. The van der Waals surface area contributed by atoms with Crippen molar-refractivity contribution in [1.29, 1.82) is 0 Å². The molecule has 0 aliphatic heterocycles. The van der Waals surface area contributed by atoms with Crippen LogP contribution >= 0.6 is 23.1 Å². The summed E-state index contributed by atoms with van der Waals surface area (Å²) in [5.41, 5.74) is 0. The van der Waals surface area contributed by atoms with Gasteiger partial charge in [-0.05, 0) is 24.8 Å². The van der Waals surface area contributed by atoms with E-state index in [0.717, 1.165) is 5.03 Å². The standard InChI is InChI=1S/C9H8N4O2S2/c1-2-15-8(14)7-12-13-9(17-7)16-6-3-4-10-5-11-6/h3-5H,2H2,1H3. The van der Waals surface area contributed by atoms with E-state index in [2.05, 4.69) is 20.2 Å². The lowest BCUT2D eigenvalue weighted by Crippen LogP contribution is -2.03. The third-order valence-electron chi connectivity index (χ3n) is 1.60. The molecule has 2 aromatic heterocycles. The van der Waals surface area contributed by atoms with Crippen LogP contribution in [0.2, 0.25) is 0 Å². The second kappa shape index (κ2) is 5.69. The van der Waals surface area contributed by atoms with Crippen molar-refractivity contribution in [2.24, 2.45) is 0 Å². The first-order chi connectivity index (χ1) is 8.29. The number of aromatic nitrogens is 4. The zero-order valence-corrected chi connectivity index (χ0v) is 10.5. The first-order valence-electron chi connectivity index (χ1n) is 4.74. The van der Waals surface area contributed by atoms with E-state index in [0.29, 0.717) is 10.9 Å². The fourth-order valence-corrected chi connectivity index (χ4v) is 2.57. The molecule has 2 aromatic rings. The summed E-state index contributed by atoms with van der Waals surface area (Å²) in [4.78, 5) is 19.2. The molecule has 0 atom stereocenters. The van der Waals surface area contributed by atoms with Crippen molar-refractivity contribution in [2.45, 2.75) is 16.3 Å². The van der Waals surface area contributed by atoms with Gasteiger partial charge in [0.15, 0.2) is 4.34 Å². The average molecular weight is 268 g/mol. The van der Waals surface area contributed by atoms with Gasteiger partial charge in [0.2, 0.25) is 5.01 Å². The molecule has 0 radical (unpaired) electrons. The summed E-state index contributed by atoms with van der Waals surface area (Å²) in [5, 5.41) is 8.65. The molecular formula is C9H8N4O2S2. The van der Waals surface area contributed by atoms with Crippen molar-refractivity contribution >= 4 is 29.1 Å². The Bertz CT molecular complexity index is 503. The van der Waals surface area contributed by atoms with Crippen LogP contribution in [0.1, 0.15) is 16.7 Å². The molecule has 2 heterocycles. The van der Waals surface area contributed by atoms with Crippen LogP contribution in [-0.4, -0.2) is 32.7 Å². The number of rotatable bonds is 4. The van der Waals surface area contributed by atoms with E-state index >= 15 is 0 Å². The van der Waals surface area contributed by atoms with E-state index in [1.807, 2.05) is 0 Å². The highest BCUT2D eigenvalue weighted by Gasteiger charge is 2.14. The van der Waals surface area contributed by atoms with Gasteiger partial charge >= 0.3 is 5.97 Å². The van der Waals surface area contributed by atoms with Crippen molar-refractivity contribution in [1.82, 2.24) is 20.2 Å². The number of hydrogen-bond acceptors (Lipinski definition) is 8. The number of hydrogen-bond donors (Lipinski definition) is 0. The maximum absolute atomic E-state index is 11.4. The predicted molar refractivity (Wildman–Crippen MR) is 62.0 cm³/mol. The van der Waals surface area contributed by atoms with E-state index in [4.69, 9.17) is 4.74 Å². The summed E-state index contributed by atoms with van der Waals surface area (Å²) < 4.78 is 5.47. The van der Waals surface area contributed by atoms with Gasteiger partial charge in [0, 0.05) is 6.20 Å². The molecule has 0 aliphatic rings. The molecule has 0 amide bonds. The zero-order valence-electron chi connectivity index (χ0n) is 8.86. The zero-order chi connectivity index (χ0) is 12.1. The van der Waals surface area contributed by atoms with Crippen LogP contribution in [0.15, 0.2) is 28.0 Å². The summed E-state index contributed by atoms with van der Waals surface area (Å²) >= 11 is 2.51. The van der Waals surface area contributed by atoms with Crippen LogP contribution in [0.5, 0.6) is 0 Å². The van der Waals surface area contributed by atoms with Gasteiger partial charge in [-0.25, -0.2) is 14.8 Å². The molecule has 0 N–H and O–H groups in total. The smallest absolute Gasteiger partial charge is 0.369 e. The van der Waals surface area contributed by atoms with Crippen LogP contribution in [0.3, 0.4) is 0 Å². The number of ether oxygens (including phenoxy) is 1. The van der Waals surface area contributed by atoms with Gasteiger partial charge in [0.05, 0.1) is 6.61 Å². The molecule has 0 saturated carbocycles. The maximum atomic E-state index is 11.4. The van der Waals surface area contributed by atoms with Crippen LogP contribution < -0.4 is 0 Å². The summed E-state index contributed by atoms with van der Waals surface area (Å²) in [7, 11) is 0. The number of carbonyl (C=O) groups is 1. The highest BCUT2D eigenvalue weighted by molar-refractivity contribution is 8.01. The third kappa shape index (κ3) is 3.21. The molecule has 0 spiro atoms. The van der Waals surface area contributed by atoms with Gasteiger partial charge in [0.25, 0.3) is 0 Å². The normalized spacial score (nSPS) is 10.2. The SMILES string of the molecule is CCOC(=O)c1nnc(Sc2ccncn2)s1. The molecule has 0 saturated heterocycles. The second-order valence-corrected chi connectivity index (χ2v) is 4.99. The fourth-order valence-electron chi connectivity index (χ4n) is 0.955. The summed E-state index contributed by atoms with van der Waals surface area (Å²) in [5.74, 6) is -0.445. The lowest BCUT2D eigenvalue weighted by molar-refractivity contribution is 0.0525. The van der Waals surface area contributed by atoms with E-state index < -0.39 is 5.97 Å². The number of esters is 1. The largest absolute Gasteiger partial charge is 0.461 e. The minimum atomic E-state index is -0.445. The molecule has 8 heteroatoms. The summed E-state index contributed by atoms with van der Waals surface area (Å²) in [6, 6.07) is 1.76. The highest BCUT2D eigenvalue weighted by atomic mass is 32.2. The molecule has 0 aromatic carbocycles. The van der Waals surface area contributed by atoms with Crippen molar-refractivity contribution in [3.63, 3.8) is 0 Å². The fraction of sp³-hybridized carbons (Fsp3) is 0.222. The van der Waals surface area contributed by atoms with Gasteiger partial charge in [-0.1, -0.05) is 11.3 Å². The van der Waals surface area contributed by atoms with Crippen LogP contribution in [0, 0.1) is 0 Å². The summed E-state index contributed by atoms with van der Waals surface area (Å²) in [6.07, 6.45) is 3.10. The van der Waals surface area contributed by atoms with Crippen molar-refractivity contribution in [3.05, 3.63) is 23.6 Å². The van der Waals surface area contributed by atoms with Crippen molar-refractivity contribution < 1.29 is 9.53 Å². The van der Waals surface area contributed by atoms with Crippen LogP contribution in [0.25, 0.3) is 0 Å². The van der Waals surface area contributed by atoms with E-state index in [-0.39, 0.29) is 5.01 Å². The molecule has 0 unspecified atom stereocenters. The average Bonchev–Trinajstić information content (AvgIpc) is 2.79.